The minimum absolute atomic E-state index is 0.336. The van der Waals surface area contributed by atoms with E-state index in [1.54, 1.807) is 0 Å². The number of hydrogen-bond donors (Lipinski definition) is 3. The van der Waals surface area contributed by atoms with Crippen molar-refractivity contribution in [3.05, 3.63) is 0 Å². The normalized spacial score (nSPS) is 32.1. The Kier molecular flexibility index (Phi) is 2.29. The summed E-state index contributed by atoms with van der Waals surface area (Å²) in [5.74, 6) is 5.83. The third kappa shape index (κ3) is 1.83. The maximum atomic E-state index is 5.02. The first-order valence-electron chi connectivity index (χ1n) is 2.75. The van der Waals surface area contributed by atoms with E-state index in [1.165, 1.54) is 0 Å². The third-order valence-corrected chi connectivity index (χ3v) is 1.85. The molecule has 0 bridgehead atoms. The molecular formula is C4H9BrN4. The maximum absolute atomic E-state index is 5.02. The molecule has 4 N–H and O–H groups in total. The Hall–Kier alpha value is -0.290. The Morgan fingerprint density at radius 1 is 1.78 bits per heavy atom. The van der Waals surface area contributed by atoms with Crippen molar-refractivity contribution in [2.45, 2.75) is 17.8 Å². The van der Waals surface area contributed by atoms with Crippen LogP contribution in [0.4, 0.5) is 0 Å². The van der Waals surface area contributed by atoms with Crippen LogP contribution in [0.15, 0.2) is 5.10 Å². The third-order valence-electron chi connectivity index (χ3n) is 1.16. The summed E-state index contributed by atoms with van der Waals surface area (Å²) in [4.78, 5) is 0.336. The zero-order valence-electron chi connectivity index (χ0n) is 4.89. The lowest BCUT2D eigenvalue weighted by molar-refractivity contribution is 0.547. The smallest absolute Gasteiger partial charge is 0.136 e. The van der Waals surface area contributed by atoms with Crippen LogP contribution in [0.1, 0.15) is 12.8 Å². The molecule has 1 atom stereocenters. The van der Waals surface area contributed by atoms with E-state index in [1.807, 2.05) is 0 Å². The summed E-state index contributed by atoms with van der Waals surface area (Å²) in [7, 11) is 0. The van der Waals surface area contributed by atoms with Crippen molar-refractivity contribution >= 4 is 21.8 Å². The predicted molar refractivity (Wildman–Crippen MR) is 39.8 cm³/mol. The van der Waals surface area contributed by atoms with Crippen molar-refractivity contribution in [3.8, 4) is 0 Å². The summed E-state index contributed by atoms with van der Waals surface area (Å²) in [6.07, 6.45) is 1.92. The van der Waals surface area contributed by atoms with Gasteiger partial charge >= 0.3 is 0 Å². The fourth-order valence-corrected chi connectivity index (χ4v) is 1.000. The van der Waals surface area contributed by atoms with Crippen molar-refractivity contribution in [2.24, 2.45) is 10.9 Å². The summed E-state index contributed by atoms with van der Waals surface area (Å²) in [5.41, 5.74) is 5.79. The van der Waals surface area contributed by atoms with Gasteiger partial charge in [0.1, 0.15) is 5.84 Å². The molecule has 1 rings (SSSR count). The second kappa shape index (κ2) is 3.03. The molecule has 0 saturated carbocycles. The van der Waals surface area contributed by atoms with Crippen LogP contribution < -0.4 is 16.7 Å². The van der Waals surface area contributed by atoms with Gasteiger partial charge in [-0.3, -0.25) is 0 Å². The van der Waals surface area contributed by atoms with Gasteiger partial charge in [-0.25, -0.2) is 5.43 Å². The zero-order valence-corrected chi connectivity index (χ0v) is 6.48. The molecule has 1 saturated heterocycles. The van der Waals surface area contributed by atoms with Crippen LogP contribution in [0, 0.1) is 0 Å². The number of hydrazone groups is 1. The molecule has 0 amide bonds. The van der Waals surface area contributed by atoms with E-state index in [0.29, 0.717) is 4.95 Å². The fourth-order valence-electron chi connectivity index (χ4n) is 0.657. The lowest BCUT2D eigenvalue weighted by atomic mass is 10.3. The Balaban J connectivity index is 2.35. The summed E-state index contributed by atoms with van der Waals surface area (Å²) >= 11 is 3.38. The van der Waals surface area contributed by atoms with Gasteiger partial charge < -0.3 is 11.3 Å². The van der Waals surface area contributed by atoms with Crippen molar-refractivity contribution in [1.82, 2.24) is 10.9 Å². The highest BCUT2D eigenvalue weighted by atomic mass is 79.9. The molecule has 0 radical (unpaired) electrons. The molecule has 1 heterocycles. The molecule has 4 nitrogen and oxygen atoms in total. The quantitative estimate of drug-likeness (QED) is 0.217. The second-order valence-electron chi connectivity index (χ2n) is 1.85. The van der Waals surface area contributed by atoms with Gasteiger partial charge in [0.25, 0.3) is 0 Å². The molecule has 0 aromatic rings. The molecule has 9 heavy (non-hydrogen) atoms. The number of halogens is 1. The highest BCUT2D eigenvalue weighted by molar-refractivity contribution is 9.09. The molecule has 1 aliphatic rings. The lowest BCUT2D eigenvalue weighted by Crippen LogP contribution is -2.46. The van der Waals surface area contributed by atoms with E-state index in [9.17, 15) is 0 Å². The number of rotatable bonds is 0. The van der Waals surface area contributed by atoms with E-state index < -0.39 is 0 Å². The van der Waals surface area contributed by atoms with E-state index in [2.05, 4.69) is 31.9 Å². The highest BCUT2D eigenvalue weighted by Gasteiger charge is 2.11. The van der Waals surface area contributed by atoms with Crippen LogP contribution in [0.3, 0.4) is 0 Å². The van der Waals surface area contributed by atoms with Gasteiger partial charge in [0.05, 0.1) is 4.95 Å². The Morgan fingerprint density at radius 2 is 2.56 bits per heavy atom. The molecule has 52 valence electrons. The van der Waals surface area contributed by atoms with Gasteiger partial charge in [0.2, 0.25) is 0 Å². The number of nitrogens with one attached hydrogen (secondary N) is 2. The SMILES string of the molecule is NN=C1CCC(Br)NN1. The van der Waals surface area contributed by atoms with Gasteiger partial charge in [-0.2, -0.15) is 5.10 Å². The number of nitrogens with two attached hydrogens (primary N) is 1. The summed E-state index contributed by atoms with van der Waals surface area (Å²) in [6.45, 7) is 0. The van der Waals surface area contributed by atoms with Gasteiger partial charge in [0, 0.05) is 6.42 Å². The first kappa shape index (κ1) is 6.82. The maximum Gasteiger partial charge on any atom is 0.136 e. The van der Waals surface area contributed by atoms with Crippen molar-refractivity contribution in [3.63, 3.8) is 0 Å². The lowest BCUT2D eigenvalue weighted by Gasteiger charge is -2.20. The molecule has 0 aliphatic carbocycles. The van der Waals surface area contributed by atoms with E-state index >= 15 is 0 Å². The largest absolute Gasteiger partial charge is 0.322 e. The predicted octanol–water partition coefficient (Wildman–Crippen LogP) is -0.132. The average molecular weight is 193 g/mol. The van der Waals surface area contributed by atoms with E-state index in [4.69, 9.17) is 5.84 Å². The number of hydrazine groups is 1. The molecule has 1 fully saturated rings. The Labute approximate surface area is 62.0 Å². The minimum atomic E-state index is 0.336. The molecule has 0 spiro atoms. The Bertz CT molecular complexity index is 114. The van der Waals surface area contributed by atoms with E-state index in [0.717, 1.165) is 18.7 Å². The molecule has 1 unspecified atom stereocenters. The molecule has 5 heteroatoms. The van der Waals surface area contributed by atoms with Crippen molar-refractivity contribution < 1.29 is 0 Å². The molecule has 1 aliphatic heterocycles. The summed E-state index contributed by atoms with van der Waals surface area (Å²) in [5, 5.41) is 3.50. The van der Waals surface area contributed by atoms with Gasteiger partial charge in [-0.05, 0) is 6.42 Å². The van der Waals surface area contributed by atoms with Crippen molar-refractivity contribution in [1.29, 1.82) is 0 Å². The van der Waals surface area contributed by atoms with Crippen molar-refractivity contribution in [2.75, 3.05) is 0 Å². The fraction of sp³-hybridized carbons (Fsp3) is 0.750. The zero-order chi connectivity index (χ0) is 6.69. The monoisotopic (exact) mass is 192 g/mol. The van der Waals surface area contributed by atoms with Gasteiger partial charge in [0.15, 0.2) is 0 Å². The van der Waals surface area contributed by atoms with Crippen LogP contribution in [0.25, 0.3) is 0 Å². The van der Waals surface area contributed by atoms with E-state index in [-0.39, 0.29) is 0 Å². The Morgan fingerprint density at radius 3 is 3.00 bits per heavy atom. The number of nitrogens with zero attached hydrogens (tertiary/aromatic N) is 1. The highest BCUT2D eigenvalue weighted by Crippen LogP contribution is 2.06. The summed E-state index contributed by atoms with van der Waals surface area (Å²) in [6, 6.07) is 0. The number of alkyl halides is 1. The van der Waals surface area contributed by atoms with Gasteiger partial charge in [-0.1, -0.05) is 15.9 Å². The van der Waals surface area contributed by atoms with Crippen LogP contribution in [0.2, 0.25) is 0 Å². The molecule has 0 aromatic carbocycles. The molecular weight excluding hydrogens is 184 g/mol. The van der Waals surface area contributed by atoms with Crippen LogP contribution in [-0.2, 0) is 0 Å². The standard InChI is InChI=1S/C4H9BrN4/c5-3-1-2-4(7-6)9-8-3/h3,8H,1-2,6H2,(H,7,9). The van der Waals surface area contributed by atoms with Crippen LogP contribution in [-0.4, -0.2) is 10.8 Å². The first-order valence-corrected chi connectivity index (χ1v) is 3.67. The van der Waals surface area contributed by atoms with Gasteiger partial charge in [-0.15, -0.1) is 0 Å². The average Bonchev–Trinajstić information content (AvgIpc) is 1.90. The van der Waals surface area contributed by atoms with Crippen LogP contribution in [0.5, 0.6) is 0 Å². The molecule has 0 aromatic heterocycles. The number of hydrogen-bond acceptors (Lipinski definition) is 3. The van der Waals surface area contributed by atoms with Crippen LogP contribution >= 0.6 is 15.9 Å². The topological polar surface area (TPSA) is 62.4 Å². The number of amidine groups is 1. The first-order chi connectivity index (χ1) is 4.33. The summed E-state index contributed by atoms with van der Waals surface area (Å²) < 4.78 is 0. The minimum Gasteiger partial charge on any atom is -0.322 e. The second-order valence-corrected chi connectivity index (χ2v) is 2.96.